The van der Waals surface area contributed by atoms with Crippen molar-refractivity contribution in [3.63, 3.8) is 0 Å². The van der Waals surface area contributed by atoms with Crippen LogP contribution >= 0.6 is 22.6 Å². The predicted octanol–water partition coefficient (Wildman–Crippen LogP) is 5.70. The van der Waals surface area contributed by atoms with E-state index in [9.17, 15) is 19.5 Å². The number of carboxylic acids is 1. The Morgan fingerprint density at radius 3 is 2.50 bits per heavy atom. The van der Waals surface area contributed by atoms with E-state index >= 15 is 0 Å². The number of alkyl halides is 1. The quantitative estimate of drug-likeness (QED) is 0.199. The Balaban J connectivity index is 1.13. The van der Waals surface area contributed by atoms with Gasteiger partial charge in [0, 0.05) is 47.4 Å². The summed E-state index contributed by atoms with van der Waals surface area (Å²) in [6, 6.07) is 15.6. The van der Waals surface area contributed by atoms with Gasteiger partial charge in [-0.1, -0.05) is 59.0 Å². The van der Waals surface area contributed by atoms with Crippen LogP contribution in [0.5, 0.6) is 0 Å². The van der Waals surface area contributed by atoms with Crippen LogP contribution in [0.4, 0.5) is 5.69 Å². The molecule has 256 valence electrons. The Kier molecular flexibility index (Phi) is 11.3. The highest BCUT2D eigenvalue weighted by atomic mass is 127. The number of carboxylic acid groups (broad SMARTS) is 1. The molecule has 2 saturated heterocycles. The Labute approximate surface area is 295 Å². The van der Waals surface area contributed by atoms with Gasteiger partial charge in [-0.15, -0.1) is 0 Å². The molecule has 4 atom stereocenters. The van der Waals surface area contributed by atoms with Crippen molar-refractivity contribution in [2.45, 2.75) is 87.2 Å². The molecule has 0 radical (unpaired) electrons. The number of amides is 2. The SMILES string of the molecule is C[C@@H]1CN([C@H]2C[C@@H](CO[C@H]3CC[C@H](C(=O)O)CC3)N(C(=O)Cc3ccc(NC(=O)c4nccc5ccccc45)c(CI)c3)C2)C[C@H](C)O1. The standard InChI is InChI=1S/C37H45IN4O6/c1-23-19-41(20-24(2)48-23)29-17-30(22-47-31-10-8-27(9-11-31)37(45)46)42(21-29)34(43)16-25-7-12-33(28(15-25)18-38)40-36(44)35-32-6-4-3-5-26(32)13-14-39-35/h3-7,12-15,23-24,27,29-31H,8-11,16-22H2,1-2H3,(H,40,44)(H,45,46)/t23-,24+,27-,29-,30-,31-/m0/s1. The zero-order valence-corrected chi connectivity index (χ0v) is 29.8. The molecule has 0 unspecified atom stereocenters. The van der Waals surface area contributed by atoms with E-state index in [2.05, 4.69) is 51.6 Å². The highest BCUT2D eigenvalue weighted by Gasteiger charge is 2.40. The van der Waals surface area contributed by atoms with Crippen molar-refractivity contribution >= 4 is 56.8 Å². The van der Waals surface area contributed by atoms with Gasteiger partial charge in [0.15, 0.2) is 0 Å². The van der Waals surface area contributed by atoms with Crippen molar-refractivity contribution in [2.75, 3.05) is 31.6 Å². The molecular formula is C37H45IN4O6. The maximum atomic E-state index is 14.0. The number of anilines is 1. The van der Waals surface area contributed by atoms with E-state index in [1.165, 1.54) is 0 Å². The molecule has 3 aromatic rings. The fourth-order valence-corrected chi connectivity index (χ4v) is 8.24. The lowest BCUT2D eigenvalue weighted by Gasteiger charge is -2.38. The largest absolute Gasteiger partial charge is 0.481 e. The number of nitrogens with zero attached hydrogens (tertiary/aromatic N) is 3. The second-order valence-electron chi connectivity index (χ2n) is 13.6. The van der Waals surface area contributed by atoms with Gasteiger partial charge in [0.05, 0.1) is 43.3 Å². The molecule has 1 aliphatic carbocycles. The lowest BCUT2D eigenvalue weighted by atomic mass is 9.87. The number of ether oxygens (including phenoxy) is 2. The number of morpholine rings is 1. The van der Waals surface area contributed by atoms with E-state index in [0.29, 0.717) is 41.8 Å². The molecule has 0 bridgehead atoms. The van der Waals surface area contributed by atoms with E-state index in [-0.39, 0.29) is 54.5 Å². The second kappa shape index (κ2) is 15.6. The van der Waals surface area contributed by atoms with Gasteiger partial charge in [-0.25, -0.2) is 0 Å². The normalized spacial score (nSPS) is 26.4. The highest BCUT2D eigenvalue weighted by Crippen LogP contribution is 2.31. The van der Waals surface area contributed by atoms with Crippen molar-refractivity contribution < 1.29 is 29.0 Å². The molecule has 2 aromatic carbocycles. The maximum absolute atomic E-state index is 14.0. The maximum Gasteiger partial charge on any atom is 0.306 e. The molecule has 2 amide bonds. The van der Waals surface area contributed by atoms with Gasteiger partial charge in [-0.05, 0) is 74.6 Å². The Morgan fingerprint density at radius 2 is 1.77 bits per heavy atom. The van der Waals surface area contributed by atoms with Crippen LogP contribution in [0.15, 0.2) is 54.7 Å². The topological polar surface area (TPSA) is 121 Å². The van der Waals surface area contributed by atoms with Gasteiger partial charge in [-0.2, -0.15) is 0 Å². The molecule has 3 heterocycles. The van der Waals surface area contributed by atoms with Gasteiger partial charge < -0.3 is 24.8 Å². The Hall–Kier alpha value is -3.13. The number of rotatable bonds is 10. The van der Waals surface area contributed by atoms with Crippen LogP contribution in [-0.2, 0) is 29.9 Å². The number of hydrogen-bond donors (Lipinski definition) is 2. The molecule has 3 fully saturated rings. The van der Waals surface area contributed by atoms with Gasteiger partial charge in [-0.3, -0.25) is 24.3 Å². The van der Waals surface area contributed by atoms with Crippen LogP contribution in [-0.4, -0.2) is 94.3 Å². The van der Waals surface area contributed by atoms with E-state index < -0.39 is 5.97 Å². The summed E-state index contributed by atoms with van der Waals surface area (Å²) in [7, 11) is 0. The molecule has 0 spiro atoms. The summed E-state index contributed by atoms with van der Waals surface area (Å²) < 4.78 is 13.0. The van der Waals surface area contributed by atoms with Crippen molar-refractivity contribution in [3.05, 3.63) is 71.5 Å². The van der Waals surface area contributed by atoms with E-state index in [1.807, 2.05) is 53.4 Å². The minimum atomic E-state index is -0.721. The molecule has 6 rings (SSSR count). The van der Waals surface area contributed by atoms with Gasteiger partial charge in [0.2, 0.25) is 5.91 Å². The van der Waals surface area contributed by atoms with Crippen LogP contribution in [0.2, 0.25) is 0 Å². The average Bonchev–Trinajstić information content (AvgIpc) is 3.52. The summed E-state index contributed by atoms with van der Waals surface area (Å²) in [5, 5.41) is 14.2. The predicted molar refractivity (Wildman–Crippen MR) is 192 cm³/mol. The van der Waals surface area contributed by atoms with Crippen LogP contribution in [0.3, 0.4) is 0 Å². The van der Waals surface area contributed by atoms with Crippen LogP contribution in [0.25, 0.3) is 10.8 Å². The number of fused-ring (bicyclic) bond motifs is 1. The number of aromatic nitrogens is 1. The first-order valence-electron chi connectivity index (χ1n) is 17.0. The summed E-state index contributed by atoms with van der Waals surface area (Å²) in [4.78, 5) is 47.6. The third-order valence-electron chi connectivity index (χ3n) is 10.0. The zero-order chi connectivity index (χ0) is 33.8. The van der Waals surface area contributed by atoms with Gasteiger partial charge >= 0.3 is 5.97 Å². The molecule has 11 heteroatoms. The summed E-state index contributed by atoms with van der Waals surface area (Å²) in [6.45, 7) is 6.97. The lowest BCUT2D eigenvalue weighted by molar-refractivity contribution is -0.144. The molecule has 2 aliphatic heterocycles. The number of aliphatic carboxylic acids is 1. The number of hydrogen-bond acceptors (Lipinski definition) is 7. The Bertz CT molecular complexity index is 1610. The molecule has 10 nitrogen and oxygen atoms in total. The fourth-order valence-electron chi connectivity index (χ4n) is 7.61. The van der Waals surface area contributed by atoms with Gasteiger partial charge in [0.25, 0.3) is 5.91 Å². The number of carbonyl (C=O) groups is 3. The van der Waals surface area contributed by atoms with E-state index in [4.69, 9.17) is 9.47 Å². The number of benzene rings is 2. The fraction of sp³-hybridized carbons (Fsp3) is 0.514. The Morgan fingerprint density at radius 1 is 1.02 bits per heavy atom. The summed E-state index contributed by atoms with van der Waals surface area (Å²) in [6.07, 6.45) is 5.78. The van der Waals surface area contributed by atoms with Crippen LogP contribution in [0.1, 0.15) is 67.6 Å². The number of likely N-dealkylation sites (tertiary alicyclic amines) is 1. The molecule has 2 N–H and O–H groups in total. The van der Waals surface area contributed by atoms with Crippen molar-refractivity contribution in [2.24, 2.45) is 5.92 Å². The summed E-state index contributed by atoms with van der Waals surface area (Å²) in [5.41, 5.74) is 2.93. The van der Waals surface area contributed by atoms with Crippen molar-refractivity contribution in [3.8, 4) is 0 Å². The number of carbonyl (C=O) groups excluding carboxylic acids is 2. The van der Waals surface area contributed by atoms with Crippen molar-refractivity contribution in [1.82, 2.24) is 14.8 Å². The minimum Gasteiger partial charge on any atom is -0.481 e. The zero-order valence-electron chi connectivity index (χ0n) is 27.6. The van der Waals surface area contributed by atoms with Crippen molar-refractivity contribution in [1.29, 1.82) is 0 Å². The smallest absolute Gasteiger partial charge is 0.306 e. The van der Waals surface area contributed by atoms with Crippen LogP contribution in [0, 0.1) is 5.92 Å². The molecule has 48 heavy (non-hydrogen) atoms. The molecular weight excluding hydrogens is 723 g/mol. The molecule has 1 saturated carbocycles. The third-order valence-corrected chi connectivity index (χ3v) is 10.9. The minimum absolute atomic E-state index is 0.0260. The average molecular weight is 769 g/mol. The number of nitrogens with one attached hydrogen (secondary N) is 1. The first kappa shape index (κ1) is 34.7. The highest BCUT2D eigenvalue weighted by molar-refractivity contribution is 14.1. The number of halogens is 1. The first-order chi connectivity index (χ1) is 23.2. The van der Waals surface area contributed by atoms with Crippen LogP contribution < -0.4 is 5.32 Å². The van der Waals surface area contributed by atoms with E-state index in [1.54, 1.807) is 6.20 Å². The third kappa shape index (κ3) is 8.18. The second-order valence-corrected chi connectivity index (χ2v) is 14.3. The van der Waals surface area contributed by atoms with Gasteiger partial charge in [0.1, 0.15) is 5.69 Å². The monoisotopic (exact) mass is 768 g/mol. The van der Waals surface area contributed by atoms with E-state index in [0.717, 1.165) is 54.3 Å². The summed E-state index contributed by atoms with van der Waals surface area (Å²) in [5.74, 6) is -1.21. The number of pyridine rings is 1. The molecule has 1 aromatic heterocycles. The molecule has 3 aliphatic rings. The lowest BCUT2D eigenvalue weighted by Crippen LogP contribution is -2.51. The first-order valence-corrected chi connectivity index (χ1v) is 18.6. The summed E-state index contributed by atoms with van der Waals surface area (Å²) >= 11 is 2.29.